The van der Waals surface area contributed by atoms with Crippen LogP contribution in [0, 0.1) is 0 Å². The molecule has 0 spiro atoms. The van der Waals surface area contributed by atoms with Crippen LogP contribution in [-0.4, -0.2) is 17.9 Å². The van der Waals surface area contributed by atoms with Gasteiger partial charge in [-0.15, -0.1) is 0 Å². The second-order valence-corrected chi connectivity index (χ2v) is 6.41. The number of halogens is 1. The van der Waals surface area contributed by atoms with Gasteiger partial charge in [-0.25, -0.2) is 0 Å². The molecule has 0 bridgehead atoms. The highest BCUT2D eigenvalue weighted by Gasteiger charge is 2.45. The number of benzene rings is 2. The predicted octanol–water partition coefficient (Wildman–Crippen LogP) is 4.07. The van der Waals surface area contributed by atoms with Crippen molar-refractivity contribution in [2.45, 2.75) is 19.2 Å². The quantitative estimate of drug-likeness (QED) is 0.770. The lowest BCUT2D eigenvalue weighted by molar-refractivity contribution is -0.00192. The predicted molar refractivity (Wildman–Crippen MR) is 85.1 cm³/mol. The minimum Gasteiger partial charge on any atom is -0.497 e. The van der Waals surface area contributed by atoms with E-state index in [4.69, 9.17) is 9.47 Å². The maximum atomic E-state index is 12.8. The molecule has 0 aliphatic carbocycles. The lowest BCUT2D eigenvalue weighted by atomic mass is 10.0. The zero-order valence-corrected chi connectivity index (χ0v) is 13.8. The number of methoxy groups -OCH3 is 1. The summed E-state index contributed by atoms with van der Waals surface area (Å²) in [5.41, 5.74) is 2.59. The Balaban J connectivity index is 1.84. The maximum Gasteiger partial charge on any atom is 0.258 e. The lowest BCUT2D eigenvalue weighted by Crippen LogP contribution is -2.37. The molecule has 2 atom stereocenters. The van der Waals surface area contributed by atoms with Crippen LogP contribution < -0.4 is 9.47 Å². The minimum absolute atomic E-state index is 0.00210. The van der Waals surface area contributed by atoms with Crippen LogP contribution in [0.5, 0.6) is 11.5 Å². The fourth-order valence-electron chi connectivity index (χ4n) is 3.18. The molecular weight excluding hydrogens is 346 g/mol. The maximum absolute atomic E-state index is 12.8. The van der Waals surface area contributed by atoms with Crippen LogP contribution in [0.15, 0.2) is 40.9 Å². The summed E-state index contributed by atoms with van der Waals surface area (Å²) in [5, 5.41) is 0. The summed E-state index contributed by atoms with van der Waals surface area (Å²) in [6, 6.07) is 11.4. The van der Waals surface area contributed by atoms with Crippen LogP contribution >= 0.6 is 15.9 Å². The van der Waals surface area contributed by atoms with Crippen molar-refractivity contribution in [1.82, 2.24) is 4.90 Å². The van der Waals surface area contributed by atoms with E-state index < -0.39 is 0 Å². The Kier molecular flexibility index (Phi) is 2.94. The zero-order valence-electron chi connectivity index (χ0n) is 12.2. The van der Waals surface area contributed by atoms with Gasteiger partial charge in [-0.2, -0.15) is 0 Å². The first kappa shape index (κ1) is 13.6. The van der Waals surface area contributed by atoms with Gasteiger partial charge in [0.2, 0.25) is 6.23 Å². The second-order valence-electron chi connectivity index (χ2n) is 5.49. The smallest absolute Gasteiger partial charge is 0.258 e. The van der Waals surface area contributed by atoms with E-state index in [0.717, 1.165) is 27.1 Å². The Bertz CT molecular complexity index is 789. The van der Waals surface area contributed by atoms with Crippen molar-refractivity contribution in [3.05, 3.63) is 57.6 Å². The van der Waals surface area contributed by atoms with Crippen LogP contribution in [0.2, 0.25) is 0 Å². The van der Waals surface area contributed by atoms with Gasteiger partial charge in [-0.3, -0.25) is 9.69 Å². The van der Waals surface area contributed by atoms with Crippen LogP contribution in [0.4, 0.5) is 0 Å². The van der Waals surface area contributed by atoms with Crippen molar-refractivity contribution in [2.24, 2.45) is 0 Å². The molecule has 1 amide bonds. The van der Waals surface area contributed by atoms with Gasteiger partial charge in [0.25, 0.3) is 5.91 Å². The van der Waals surface area contributed by atoms with Crippen molar-refractivity contribution in [2.75, 3.05) is 7.11 Å². The molecule has 0 radical (unpaired) electrons. The molecule has 0 unspecified atom stereocenters. The van der Waals surface area contributed by atoms with Crippen LogP contribution in [0.25, 0.3) is 0 Å². The molecule has 2 aliphatic rings. The van der Waals surface area contributed by atoms with E-state index in [0.29, 0.717) is 5.56 Å². The largest absolute Gasteiger partial charge is 0.497 e. The Morgan fingerprint density at radius 3 is 2.77 bits per heavy atom. The number of rotatable bonds is 1. The van der Waals surface area contributed by atoms with Crippen molar-refractivity contribution in [3.8, 4) is 11.5 Å². The molecule has 2 aliphatic heterocycles. The minimum atomic E-state index is -0.355. The third kappa shape index (κ3) is 1.78. The highest BCUT2D eigenvalue weighted by atomic mass is 79.9. The molecule has 2 heterocycles. The van der Waals surface area contributed by atoms with E-state index >= 15 is 0 Å². The Labute approximate surface area is 136 Å². The number of carbonyl (C=O) groups excluding carboxylic acids is 1. The number of ether oxygens (including phenoxy) is 2. The van der Waals surface area contributed by atoms with Gasteiger partial charge in [-0.1, -0.05) is 22.0 Å². The molecule has 2 aromatic rings. The van der Waals surface area contributed by atoms with Crippen LogP contribution in [0.3, 0.4) is 0 Å². The van der Waals surface area contributed by atoms with Gasteiger partial charge in [0.1, 0.15) is 11.5 Å². The fourth-order valence-corrected chi connectivity index (χ4v) is 3.54. The fraction of sp³-hybridized carbons (Fsp3) is 0.235. The SMILES string of the molecule is COc1ccc2c(c1)[C@H](C)N1C(=O)c3cc(Br)ccc3[C@@H]1O2. The number of nitrogens with zero attached hydrogens (tertiary/aromatic N) is 1. The van der Waals surface area contributed by atoms with Crippen molar-refractivity contribution < 1.29 is 14.3 Å². The molecule has 5 heteroatoms. The number of carbonyl (C=O) groups is 1. The summed E-state index contributed by atoms with van der Waals surface area (Å²) in [4.78, 5) is 14.5. The zero-order chi connectivity index (χ0) is 15.4. The topological polar surface area (TPSA) is 38.8 Å². The molecular formula is C17H14BrNO3. The van der Waals surface area contributed by atoms with E-state index in [2.05, 4.69) is 15.9 Å². The molecule has 112 valence electrons. The van der Waals surface area contributed by atoms with Gasteiger partial charge in [0.05, 0.1) is 13.2 Å². The van der Waals surface area contributed by atoms with E-state index in [1.165, 1.54) is 0 Å². The number of amides is 1. The van der Waals surface area contributed by atoms with Gasteiger partial charge in [-0.05, 0) is 37.3 Å². The molecule has 0 saturated heterocycles. The summed E-state index contributed by atoms with van der Waals surface area (Å²) >= 11 is 3.43. The van der Waals surface area contributed by atoms with Gasteiger partial charge < -0.3 is 9.47 Å². The summed E-state index contributed by atoms with van der Waals surface area (Å²) < 4.78 is 12.3. The second kappa shape index (κ2) is 4.74. The molecule has 0 N–H and O–H groups in total. The normalized spacial score (nSPS) is 21.8. The van der Waals surface area contributed by atoms with E-state index in [9.17, 15) is 4.79 Å². The molecule has 4 rings (SSSR count). The highest BCUT2D eigenvalue weighted by Crippen LogP contribution is 2.48. The molecule has 2 aromatic carbocycles. The summed E-state index contributed by atoms with van der Waals surface area (Å²) in [5.74, 6) is 1.57. The first-order valence-corrected chi connectivity index (χ1v) is 7.86. The van der Waals surface area contributed by atoms with Gasteiger partial charge >= 0.3 is 0 Å². The molecule has 4 nitrogen and oxygen atoms in total. The summed E-state index contributed by atoms with van der Waals surface area (Å²) in [7, 11) is 1.63. The number of hydrogen-bond acceptors (Lipinski definition) is 3. The first-order chi connectivity index (χ1) is 10.6. The number of hydrogen-bond donors (Lipinski definition) is 0. The standard InChI is InChI=1S/C17H14BrNO3/c1-9-13-8-11(21-2)4-6-15(13)22-17-12-5-3-10(18)7-14(12)16(20)19(9)17/h3-9,17H,1-2H3/t9-,17-/m0/s1. The molecule has 0 saturated carbocycles. The third-order valence-corrected chi connectivity index (χ3v) is 4.82. The summed E-state index contributed by atoms with van der Waals surface area (Å²) in [6.07, 6.45) is -0.355. The Hall–Kier alpha value is -2.01. The lowest BCUT2D eigenvalue weighted by Gasteiger charge is -2.37. The van der Waals surface area contributed by atoms with Crippen molar-refractivity contribution in [3.63, 3.8) is 0 Å². The Morgan fingerprint density at radius 1 is 1.18 bits per heavy atom. The van der Waals surface area contributed by atoms with Gasteiger partial charge in [0, 0.05) is 21.2 Å². The third-order valence-electron chi connectivity index (χ3n) is 4.32. The summed E-state index contributed by atoms with van der Waals surface area (Å²) in [6.45, 7) is 2.02. The van der Waals surface area contributed by atoms with Gasteiger partial charge in [0.15, 0.2) is 0 Å². The first-order valence-electron chi connectivity index (χ1n) is 7.07. The average molecular weight is 360 g/mol. The van der Waals surface area contributed by atoms with Crippen molar-refractivity contribution in [1.29, 1.82) is 0 Å². The van der Waals surface area contributed by atoms with E-state index in [-0.39, 0.29) is 18.2 Å². The molecule has 22 heavy (non-hydrogen) atoms. The average Bonchev–Trinajstić information content (AvgIpc) is 2.80. The Morgan fingerprint density at radius 2 is 2.00 bits per heavy atom. The van der Waals surface area contributed by atoms with E-state index in [1.807, 2.05) is 43.3 Å². The molecule has 0 aromatic heterocycles. The van der Waals surface area contributed by atoms with Crippen molar-refractivity contribution >= 4 is 21.8 Å². The monoisotopic (exact) mass is 359 g/mol. The van der Waals surface area contributed by atoms with E-state index in [1.54, 1.807) is 12.0 Å². The highest BCUT2D eigenvalue weighted by molar-refractivity contribution is 9.10. The molecule has 0 fully saturated rings. The van der Waals surface area contributed by atoms with Crippen LogP contribution in [-0.2, 0) is 0 Å². The number of fused-ring (bicyclic) bond motifs is 4. The van der Waals surface area contributed by atoms with Crippen LogP contribution in [0.1, 0.15) is 40.7 Å².